The molecule has 0 spiro atoms. The molecular formula is C18H20N2O5. The van der Waals surface area contributed by atoms with Gasteiger partial charge < -0.3 is 20.1 Å². The Morgan fingerprint density at radius 3 is 2.56 bits per heavy atom. The molecule has 0 saturated heterocycles. The molecule has 1 aromatic rings. The average molecular weight is 344 g/mol. The van der Waals surface area contributed by atoms with Gasteiger partial charge in [0, 0.05) is 6.54 Å². The smallest absolute Gasteiger partial charge is 0.337 e. The molecule has 7 heteroatoms. The number of rotatable bonds is 5. The molecule has 0 fully saturated rings. The Bertz CT molecular complexity index is 711. The summed E-state index contributed by atoms with van der Waals surface area (Å²) in [5, 5.41) is 5.42. The van der Waals surface area contributed by atoms with Crippen LogP contribution in [0, 0.1) is 5.92 Å². The van der Waals surface area contributed by atoms with Gasteiger partial charge in [0.1, 0.15) is 0 Å². The van der Waals surface area contributed by atoms with Crippen LogP contribution in [0.4, 0.5) is 4.79 Å². The summed E-state index contributed by atoms with van der Waals surface area (Å²) < 4.78 is 9.40. The molecule has 2 amide bonds. The van der Waals surface area contributed by atoms with E-state index in [1.54, 1.807) is 48.6 Å². The van der Waals surface area contributed by atoms with E-state index < -0.39 is 29.9 Å². The van der Waals surface area contributed by atoms with Crippen molar-refractivity contribution in [3.8, 4) is 0 Å². The van der Waals surface area contributed by atoms with Gasteiger partial charge in [-0.1, -0.05) is 36.4 Å². The standard InChI is InChI=1S/C18H20N2O5/c1-24-16(21)13-7-5-6-12(10-13)11-19-18(23)20-15-9-4-3-8-14(15)17(22)25-2/h3-10,14-15H,11H2,1-2H3,(H2,19,20,23). The fraction of sp³-hybridized carbons (Fsp3) is 0.278. The van der Waals surface area contributed by atoms with Crippen molar-refractivity contribution in [1.29, 1.82) is 0 Å². The number of esters is 2. The van der Waals surface area contributed by atoms with E-state index in [0.717, 1.165) is 5.56 Å². The first-order valence-corrected chi connectivity index (χ1v) is 7.69. The van der Waals surface area contributed by atoms with Gasteiger partial charge in [-0.05, 0) is 17.7 Å². The van der Waals surface area contributed by atoms with Gasteiger partial charge in [-0.3, -0.25) is 4.79 Å². The molecule has 2 unspecified atom stereocenters. The molecule has 132 valence electrons. The Labute approximate surface area is 145 Å². The quantitative estimate of drug-likeness (QED) is 0.791. The van der Waals surface area contributed by atoms with E-state index in [1.165, 1.54) is 14.2 Å². The van der Waals surface area contributed by atoms with E-state index in [-0.39, 0.29) is 6.54 Å². The fourth-order valence-corrected chi connectivity index (χ4v) is 2.42. The lowest BCUT2D eigenvalue weighted by atomic mass is 9.95. The van der Waals surface area contributed by atoms with E-state index in [2.05, 4.69) is 15.4 Å². The monoisotopic (exact) mass is 344 g/mol. The van der Waals surface area contributed by atoms with Gasteiger partial charge >= 0.3 is 18.0 Å². The summed E-state index contributed by atoms with van der Waals surface area (Å²) in [7, 11) is 2.62. The molecule has 1 aliphatic rings. The number of ether oxygens (including phenoxy) is 2. The van der Waals surface area contributed by atoms with Crippen LogP contribution in [0.5, 0.6) is 0 Å². The number of carbonyl (C=O) groups is 3. The van der Waals surface area contributed by atoms with Crippen molar-refractivity contribution in [3.05, 3.63) is 59.7 Å². The molecule has 7 nitrogen and oxygen atoms in total. The van der Waals surface area contributed by atoms with Crippen LogP contribution in [0.3, 0.4) is 0 Å². The van der Waals surface area contributed by atoms with E-state index >= 15 is 0 Å². The molecule has 0 saturated carbocycles. The lowest BCUT2D eigenvalue weighted by Gasteiger charge is -2.23. The highest BCUT2D eigenvalue weighted by atomic mass is 16.5. The molecule has 2 atom stereocenters. The highest BCUT2D eigenvalue weighted by Gasteiger charge is 2.27. The van der Waals surface area contributed by atoms with Crippen LogP contribution in [0.1, 0.15) is 15.9 Å². The lowest BCUT2D eigenvalue weighted by molar-refractivity contribution is -0.144. The Kier molecular flexibility index (Phi) is 6.33. The SMILES string of the molecule is COC(=O)c1cccc(CNC(=O)NC2C=CC=CC2C(=O)OC)c1. The number of allylic oxidation sites excluding steroid dienone is 2. The topological polar surface area (TPSA) is 93.7 Å². The summed E-state index contributed by atoms with van der Waals surface area (Å²) in [5.41, 5.74) is 1.16. The number of amides is 2. The predicted octanol–water partition coefficient (Wildman–Crippen LogP) is 1.56. The van der Waals surface area contributed by atoms with Crippen LogP contribution in [-0.4, -0.2) is 38.2 Å². The second kappa shape index (κ2) is 8.68. The average Bonchev–Trinajstić information content (AvgIpc) is 2.65. The van der Waals surface area contributed by atoms with Crippen molar-refractivity contribution in [3.63, 3.8) is 0 Å². The summed E-state index contributed by atoms with van der Waals surface area (Å²) >= 11 is 0. The summed E-state index contributed by atoms with van der Waals surface area (Å²) in [4.78, 5) is 35.4. The molecule has 0 heterocycles. The highest BCUT2D eigenvalue weighted by Crippen LogP contribution is 2.14. The summed E-state index contributed by atoms with van der Waals surface area (Å²) in [6.45, 7) is 0.228. The molecule has 0 radical (unpaired) electrons. The third-order valence-corrected chi connectivity index (χ3v) is 3.71. The molecule has 0 aromatic heterocycles. The van der Waals surface area contributed by atoms with Gasteiger partial charge in [0.15, 0.2) is 0 Å². The Morgan fingerprint density at radius 1 is 1.08 bits per heavy atom. The molecule has 25 heavy (non-hydrogen) atoms. The zero-order chi connectivity index (χ0) is 18.2. The first-order valence-electron chi connectivity index (χ1n) is 7.69. The molecule has 2 rings (SSSR count). The fourth-order valence-electron chi connectivity index (χ4n) is 2.42. The third kappa shape index (κ3) is 4.94. The minimum atomic E-state index is -0.566. The normalized spacial score (nSPS) is 18.3. The summed E-state index contributed by atoms with van der Waals surface area (Å²) in [5.74, 6) is -1.42. The van der Waals surface area contributed by atoms with Gasteiger partial charge in [0.25, 0.3) is 0 Å². The van der Waals surface area contributed by atoms with Gasteiger partial charge in [-0.15, -0.1) is 0 Å². The van der Waals surface area contributed by atoms with Crippen LogP contribution in [0.25, 0.3) is 0 Å². The van der Waals surface area contributed by atoms with Crippen molar-refractivity contribution in [1.82, 2.24) is 10.6 Å². The van der Waals surface area contributed by atoms with Crippen molar-refractivity contribution in [2.24, 2.45) is 5.92 Å². The summed E-state index contributed by atoms with van der Waals surface area (Å²) in [6, 6.07) is 5.86. The zero-order valence-electron chi connectivity index (χ0n) is 14.0. The first kappa shape index (κ1) is 18.3. The third-order valence-electron chi connectivity index (χ3n) is 3.71. The number of urea groups is 1. The number of nitrogens with one attached hydrogen (secondary N) is 2. The van der Waals surface area contributed by atoms with Gasteiger partial charge in [0.05, 0.1) is 31.7 Å². The number of hydrogen-bond acceptors (Lipinski definition) is 5. The molecule has 1 aromatic carbocycles. The highest BCUT2D eigenvalue weighted by molar-refractivity contribution is 5.89. The van der Waals surface area contributed by atoms with Crippen molar-refractivity contribution in [2.45, 2.75) is 12.6 Å². The van der Waals surface area contributed by atoms with Gasteiger partial charge in [-0.2, -0.15) is 0 Å². The van der Waals surface area contributed by atoms with Crippen LogP contribution in [0.15, 0.2) is 48.6 Å². The number of carbonyl (C=O) groups excluding carboxylic acids is 3. The molecule has 1 aliphatic carbocycles. The second-order valence-electron chi connectivity index (χ2n) is 5.36. The second-order valence-corrected chi connectivity index (χ2v) is 5.36. The predicted molar refractivity (Wildman–Crippen MR) is 90.7 cm³/mol. The maximum atomic E-state index is 12.1. The van der Waals surface area contributed by atoms with Crippen molar-refractivity contribution >= 4 is 18.0 Å². The molecule has 2 N–H and O–H groups in total. The first-order chi connectivity index (χ1) is 12.0. The maximum Gasteiger partial charge on any atom is 0.337 e. The Hall–Kier alpha value is -3.09. The van der Waals surface area contributed by atoms with Crippen LogP contribution >= 0.6 is 0 Å². The minimum absolute atomic E-state index is 0.228. The van der Waals surface area contributed by atoms with E-state index in [9.17, 15) is 14.4 Å². The zero-order valence-corrected chi connectivity index (χ0v) is 14.0. The Morgan fingerprint density at radius 2 is 1.84 bits per heavy atom. The lowest BCUT2D eigenvalue weighted by Crippen LogP contribution is -2.46. The molecular weight excluding hydrogens is 324 g/mol. The van der Waals surface area contributed by atoms with E-state index in [1.807, 2.05) is 0 Å². The molecule has 0 aliphatic heterocycles. The largest absolute Gasteiger partial charge is 0.468 e. The Balaban J connectivity index is 1.92. The van der Waals surface area contributed by atoms with E-state index in [4.69, 9.17) is 4.74 Å². The minimum Gasteiger partial charge on any atom is -0.468 e. The number of methoxy groups -OCH3 is 2. The maximum absolute atomic E-state index is 12.1. The number of benzene rings is 1. The van der Waals surface area contributed by atoms with Gasteiger partial charge in [-0.25, -0.2) is 9.59 Å². The van der Waals surface area contributed by atoms with Crippen LogP contribution < -0.4 is 10.6 Å². The van der Waals surface area contributed by atoms with E-state index in [0.29, 0.717) is 5.56 Å². The van der Waals surface area contributed by atoms with Crippen LogP contribution in [-0.2, 0) is 20.8 Å². The number of hydrogen-bond donors (Lipinski definition) is 2. The molecule has 0 bridgehead atoms. The van der Waals surface area contributed by atoms with Crippen molar-refractivity contribution in [2.75, 3.05) is 14.2 Å². The van der Waals surface area contributed by atoms with Crippen LogP contribution in [0.2, 0.25) is 0 Å². The summed E-state index contributed by atoms with van der Waals surface area (Å²) in [6.07, 6.45) is 6.88. The van der Waals surface area contributed by atoms with Crippen molar-refractivity contribution < 1.29 is 23.9 Å². The van der Waals surface area contributed by atoms with Gasteiger partial charge in [0.2, 0.25) is 0 Å².